The van der Waals surface area contributed by atoms with Gasteiger partial charge in [0.05, 0.1) is 0 Å². The van der Waals surface area contributed by atoms with Crippen molar-refractivity contribution in [2.45, 2.75) is 6.43 Å². The number of rotatable bonds is 3. The van der Waals surface area contributed by atoms with Crippen LogP contribution in [0.4, 0.5) is 8.78 Å². The topological polar surface area (TPSA) is 55.3 Å². The number of hydrogen-bond acceptors (Lipinski definition) is 3. The molecule has 0 aromatic carbocycles. The van der Waals surface area contributed by atoms with Crippen LogP contribution in [0.3, 0.4) is 0 Å². The third kappa shape index (κ3) is 6.17. The van der Waals surface area contributed by atoms with Crippen molar-refractivity contribution in [3.63, 3.8) is 0 Å². The number of halogens is 2. The molecule has 8 heavy (non-hydrogen) atoms. The van der Waals surface area contributed by atoms with Crippen molar-refractivity contribution in [1.82, 2.24) is 0 Å². The lowest BCUT2D eigenvalue weighted by Crippen LogP contribution is -2.14. The first kappa shape index (κ1) is 8.17. The second kappa shape index (κ2) is 4.09. The van der Waals surface area contributed by atoms with E-state index in [1.54, 1.807) is 0 Å². The van der Waals surface area contributed by atoms with E-state index in [1.807, 2.05) is 0 Å². The third-order valence-electron chi connectivity index (χ3n) is 0.306. The van der Waals surface area contributed by atoms with Crippen LogP contribution in [-0.2, 0) is 4.52 Å². The van der Waals surface area contributed by atoms with Crippen LogP contribution in [0.1, 0.15) is 0 Å². The van der Waals surface area contributed by atoms with Crippen molar-refractivity contribution in [3.8, 4) is 0 Å². The molecule has 0 aliphatic carbocycles. The molecule has 0 rings (SSSR count). The molecule has 0 heterocycles. The Balaban J connectivity index is 2.93. The van der Waals surface area contributed by atoms with Gasteiger partial charge in [-0.2, -0.15) is 8.60 Å². The van der Waals surface area contributed by atoms with Gasteiger partial charge in [-0.15, -0.1) is 0 Å². The molecule has 6 heteroatoms. The lowest BCUT2D eigenvalue weighted by molar-refractivity contribution is -0.319. The van der Waals surface area contributed by atoms with Gasteiger partial charge in [0, 0.05) is 0 Å². The molecule has 50 valence electrons. The Morgan fingerprint density at radius 2 is 2.00 bits per heavy atom. The Kier molecular flexibility index (Phi) is 4.18. The minimum atomic E-state index is -3.11. The lowest BCUT2D eigenvalue weighted by atomic mass is 10.8. The van der Waals surface area contributed by atoms with Crippen molar-refractivity contribution in [2.24, 2.45) is 0 Å². The van der Waals surface area contributed by atoms with Crippen LogP contribution in [0.2, 0.25) is 0 Å². The van der Waals surface area contributed by atoms with Crippen LogP contribution in [-0.4, -0.2) is 13.0 Å². The van der Waals surface area contributed by atoms with Gasteiger partial charge in [-0.05, 0) is 0 Å². The molecule has 0 spiro atoms. The maximum atomic E-state index is 11.0. The summed E-state index contributed by atoms with van der Waals surface area (Å²) in [5.41, 5.74) is 0. The Labute approximate surface area is 45.9 Å². The van der Waals surface area contributed by atoms with E-state index in [0.717, 1.165) is 0 Å². The first-order valence-electron chi connectivity index (χ1n) is 1.68. The monoisotopic (exact) mass is 144 g/mol. The van der Waals surface area contributed by atoms with Gasteiger partial charge >= 0.3 is 0 Å². The predicted molar refractivity (Wildman–Crippen MR) is 18.9 cm³/mol. The van der Waals surface area contributed by atoms with Crippen LogP contribution < -0.4 is 9.79 Å². The summed E-state index contributed by atoms with van der Waals surface area (Å²) in [5.74, 6) is 0. The quantitative estimate of drug-likeness (QED) is 0.488. The maximum absolute atomic E-state index is 11.0. The van der Waals surface area contributed by atoms with Crippen LogP contribution in [0.25, 0.3) is 0 Å². The van der Waals surface area contributed by atoms with Gasteiger partial charge < -0.3 is 14.3 Å². The SMILES string of the molecule is [O-]P([O-])OCC(F)F. The molecule has 0 fully saturated rings. The average Bonchev–Trinajstić information content (AvgIpc) is 1.61. The van der Waals surface area contributed by atoms with Crippen LogP contribution >= 0.6 is 8.60 Å². The van der Waals surface area contributed by atoms with Gasteiger partial charge in [0.25, 0.3) is 6.43 Å². The first-order valence-corrected chi connectivity index (χ1v) is 2.78. The van der Waals surface area contributed by atoms with Crippen molar-refractivity contribution < 1.29 is 23.1 Å². The summed E-state index contributed by atoms with van der Waals surface area (Å²) in [6.45, 7) is -1.04. The number of hydrogen-bond donors (Lipinski definition) is 0. The molecule has 0 unspecified atom stereocenters. The molecule has 0 aliphatic rings. The Bertz CT molecular complexity index is 51.2. The molecule has 0 aromatic heterocycles. The summed E-state index contributed by atoms with van der Waals surface area (Å²) in [6, 6.07) is 0. The summed E-state index contributed by atoms with van der Waals surface area (Å²) in [4.78, 5) is 18.8. The molecule has 0 saturated carbocycles. The van der Waals surface area contributed by atoms with Gasteiger partial charge in [-0.1, -0.05) is 0 Å². The Morgan fingerprint density at radius 3 is 2.12 bits per heavy atom. The molecule has 0 aliphatic heterocycles. The molecule has 0 N–H and O–H groups in total. The average molecular weight is 144 g/mol. The highest BCUT2D eigenvalue weighted by Gasteiger charge is 1.98. The molecule has 0 radical (unpaired) electrons. The number of alkyl halides is 2. The summed E-state index contributed by atoms with van der Waals surface area (Å²) < 4.78 is 25.5. The summed E-state index contributed by atoms with van der Waals surface area (Å²) >= 11 is 0. The van der Waals surface area contributed by atoms with Crippen LogP contribution in [0, 0.1) is 0 Å². The summed E-state index contributed by atoms with van der Waals surface area (Å²) in [5, 5.41) is 0. The summed E-state index contributed by atoms with van der Waals surface area (Å²) in [6.07, 6.45) is -2.72. The zero-order valence-corrected chi connectivity index (χ0v) is 4.61. The molecule has 0 saturated heterocycles. The molecule has 0 aromatic rings. The lowest BCUT2D eigenvalue weighted by Gasteiger charge is -2.28. The molecular formula is C2H3F2O3P-2. The fourth-order valence-electron chi connectivity index (χ4n) is 0.117. The summed E-state index contributed by atoms with van der Waals surface area (Å²) in [7, 11) is -3.11. The largest absolute Gasteiger partial charge is 0.820 e. The zero-order valence-electron chi connectivity index (χ0n) is 3.71. The zero-order chi connectivity index (χ0) is 6.57. The van der Waals surface area contributed by atoms with E-state index in [2.05, 4.69) is 4.52 Å². The highest BCUT2D eigenvalue weighted by Crippen LogP contribution is 2.13. The minimum absolute atomic E-state index is 1.04. The second-order valence-corrected chi connectivity index (χ2v) is 1.62. The van der Waals surface area contributed by atoms with E-state index in [4.69, 9.17) is 0 Å². The van der Waals surface area contributed by atoms with E-state index in [1.165, 1.54) is 0 Å². The van der Waals surface area contributed by atoms with Gasteiger partial charge in [-0.25, -0.2) is 8.78 Å². The van der Waals surface area contributed by atoms with Crippen molar-refractivity contribution in [2.75, 3.05) is 6.61 Å². The normalized spacial score (nSPS) is 11.2. The Hall–Kier alpha value is 0.170. The minimum Gasteiger partial charge on any atom is -0.820 e. The van der Waals surface area contributed by atoms with Gasteiger partial charge in [-0.3, -0.25) is 0 Å². The van der Waals surface area contributed by atoms with E-state index < -0.39 is 21.6 Å². The molecule has 0 atom stereocenters. The Morgan fingerprint density at radius 1 is 1.50 bits per heavy atom. The van der Waals surface area contributed by atoms with Crippen molar-refractivity contribution in [3.05, 3.63) is 0 Å². The van der Waals surface area contributed by atoms with Crippen LogP contribution in [0.5, 0.6) is 0 Å². The fraction of sp³-hybridized carbons (Fsp3) is 1.00. The standard InChI is InChI=1S/C2H3F2O3P/c3-2(4)1-7-8(5)6/h2H,1H2/q-2. The van der Waals surface area contributed by atoms with Crippen LogP contribution in [0.15, 0.2) is 0 Å². The van der Waals surface area contributed by atoms with Gasteiger partial charge in [0.2, 0.25) is 0 Å². The van der Waals surface area contributed by atoms with E-state index in [-0.39, 0.29) is 0 Å². The molecular weight excluding hydrogens is 141 g/mol. The third-order valence-corrected chi connectivity index (χ3v) is 0.666. The van der Waals surface area contributed by atoms with Gasteiger partial charge in [0.1, 0.15) is 6.61 Å². The molecule has 0 bridgehead atoms. The molecule has 3 nitrogen and oxygen atoms in total. The highest BCUT2D eigenvalue weighted by molar-refractivity contribution is 7.36. The van der Waals surface area contributed by atoms with Gasteiger partial charge in [0.15, 0.2) is 0 Å². The highest BCUT2D eigenvalue weighted by atomic mass is 31.2. The van der Waals surface area contributed by atoms with E-state index in [0.29, 0.717) is 0 Å². The second-order valence-electron chi connectivity index (χ2n) is 0.910. The first-order chi connectivity index (χ1) is 3.63. The van der Waals surface area contributed by atoms with Crippen molar-refractivity contribution >= 4 is 8.60 Å². The predicted octanol–water partition coefficient (Wildman–Crippen LogP) is -0.784. The van der Waals surface area contributed by atoms with E-state index >= 15 is 0 Å². The fourth-order valence-corrected chi connectivity index (χ4v) is 0.352. The van der Waals surface area contributed by atoms with Crippen molar-refractivity contribution in [1.29, 1.82) is 0 Å². The smallest absolute Gasteiger partial charge is 0.261 e. The van der Waals surface area contributed by atoms with E-state index in [9.17, 15) is 18.6 Å². The maximum Gasteiger partial charge on any atom is 0.261 e. The molecule has 0 amide bonds.